The van der Waals surface area contributed by atoms with Gasteiger partial charge in [-0.05, 0) is 176 Å². The third-order valence-electron chi connectivity index (χ3n) is 16.0. The van der Waals surface area contributed by atoms with Gasteiger partial charge in [0.25, 0.3) is 0 Å². The number of aliphatic hydroxyl groups excluding tert-OH is 8. The number of rotatable bonds is 18. The molecule has 12 aromatic rings. The van der Waals surface area contributed by atoms with E-state index in [0.717, 1.165) is 90.7 Å². The summed E-state index contributed by atoms with van der Waals surface area (Å²) >= 11 is 0. The molecule has 0 spiro atoms. The Bertz CT molecular complexity index is 4260. The van der Waals surface area contributed by atoms with Gasteiger partial charge in [0.2, 0.25) is 23.6 Å². The number of nitrogens with zero attached hydrogens (tertiary/aromatic N) is 8. The van der Waals surface area contributed by atoms with Crippen LogP contribution in [-0.2, 0) is 93.3 Å². The molecule has 24 heteroatoms. The van der Waals surface area contributed by atoms with E-state index in [4.69, 9.17) is 58.5 Å². The molecule has 12 rings (SSSR count). The van der Waals surface area contributed by atoms with Crippen LogP contribution in [0.2, 0.25) is 0 Å². The zero-order valence-electron chi connectivity index (χ0n) is 68.8. The summed E-state index contributed by atoms with van der Waals surface area (Å²) in [6.45, 7) is 37.9. The predicted octanol–water partition coefficient (Wildman–Crippen LogP) is 17.6. The van der Waals surface area contributed by atoms with E-state index in [2.05, 4.69) is 160 Å². The summed E-state index contributed by atoms with van der Waals surface area (Å²) in [5.74, 6) is 4.21. The SMILES string of the molecule is CC(O)CC(C)O.CC(O)CC(C)O.CC(O)CC(C)O.CC(O)CC(C)O.CCc1c[c-]c(-c2nnc(-c3ccc(CC)cc3)o2)cc1.Cc1[c-]c(-c2nnc(-c3cc(C)cc(C)c3)o2)cc(C)c1.Cc1[c-]c(-c2nnc(-c3cc(C)ccc3C)o2)c(C)cc1.Cc1c[c-]c(-c2nnc(-c3ccc(C)cc3)o2)cc1.[Ir].[Ir].[Ir].[Ir]. The van der Waals surface area contributed by atoms with Crippen molar-refractivity contribution in [2.45, 2.75) is 226 Å². The number of aryl methyl sites for hydroxylation is 12. The fourth-order valence-electron chi connectivity index (χ4n) is 10.7. The zero-order chi connectivity index (χ0) is 81.3. The largest absolute Gasteiger partial charge is 0.464 e. The van der Waals surface area contributed by atoms with Crippen LogP contribution < -0.4 is 0 Å². The van der Waals surface area contributed by atoms with E-state index in [1.54, 1.807) is 55.4 Å². The van der Waals surface area contributed by atoms with E-state index in [1.807, 2.05) is 133 Å². The summed E-state index contributed by atoms with van der Waals surface area (Å²) in [7, 11) is 0. The van der Waals surface area contributed by atoms with Crippen molar-refractivity contribution in [2.24, 2.45) is 0 Å². The van der Waals surface area contributed by atoms with Crippen LogP contribution in [0.4, 0.5) is 0 Å². The van der Waals surface area contributed by atoms with Gasteiger partial charge in [0.15, 0.2) is 23.6 Å². The number of aliphatic hydroxyl groups is 8. The Labute approximate surface area is 728 Å². The molecular formula is C90H112Ir4N8O12-4. The van der Waals surface area contributed by atoms with Crippen LogP contribution in [0, 0.1) is 93.5 Å². The second-order valence-corrected chi connectivity index (χ2v) is 28.2. The molecule has 8 aromatic carbocycles. The maximum absolute atomic E-state index is 8.56. The summed E-state index contributed by atoms with van der Waals surface area (Å²) < 4.78 is 23.1. The van der Waals surface area contributed by atoms with Gasteiger partial charge in [0.1, 0.15) is 0 Å². The maximum Gasteiger partial charge on any atom is 0.237 e. The molecule has 0 fully saturated rings. The molecule has 0 saturated heterocycles. The molecule has 8 N–H and O–H groups in total. The molecule has 624 valence electrons. The minimum Gasteiger partial charge on any atom is -0.464 e. The molecule has 0 saturated carbocycles. The van der Waals surface area contributed by atoms with E-state index in [-0.39, 0.29) is 129 Å². The van der Waals surface area contributed by atoms with E-state index >= 15 is 0 Å². The molecule has 0 aliphatic rings. The number of benzene rings is 8. The third-order valence-corrected chi connectivity index (χ3v) is 16.0. The second-order valence-electron chi connectivity index (χ2n) is 28.2. The van der Waals surface area contributed by atoms with E-state index in [1.165, 1.54) is 33.4 Å². The molecule has 8 unspecified atom stereocenters. The Morgan fingerprint density at radius 2 is 0.649 bits per heavy atom. The molecule has 4 aromatic heterocycles. The fourth-order valence-corrected chi connectivity index (χ4v) is 10.7. The van der Waals surface area contributed by atoms with Gasteiger partial charge < -0.3 is 58.5 Å². The van der Waals surface area contributed by atoms with E-state index in [9.17, 15) is 0 Å². The maximum atomic E-state index is 8.56. The molecular weight excluding hydrogens is 2150 g/mol. The normalized spacial score (nSPS) is 12.4. The van der Waals surface area contributed by atoms with Gasteiger partial charge in [-0.3, -0.25) is 0 Å². The molecule has 20 nitrogen and oxygen atoms in total. The van der Waals surface area contributed by atoms with Crippen molar-refractivity contribution in [3.05, 3.63) is 237 Å². The van der Waals surface area contributed by atoms with Crippen LogP contribution in [0.15, 0.2) is 163 Å². The first-order valence-electron chi connectivity index (χ1n) is 37.2. The van der Waals surface area contributed by atoms with Gasteiger partial charge in [-0.2, -0.15) is 20.4 Å². The van der Waals surface area contributed by atoms with Crippen molar-refractivity contribution >= 4 is 0 Å². The van der Waals surface area contributed by atoms with Crippen LogP contribution >= 0.6 is 0 Å². The predicted molar refractivity (Wildman–Crippen MR) is 434 cm³/mol. The summed E-state index contributed by atoms with van der Waals surface area (Å²) in [6, 6.07) is 61.5. The standard InChI is InChI=1S/3C18H17N2O.C16H13N2O.4C5H12O2.4Ir/c1-11-5-12(2)8-15(7-11)17-19-20-18(21-17)16-9-13(3)6-14(4)10-16;1-11-5-7-13(3)15(9-11)17-19-20-18(21-17)16-10-12(2)6-8-14(16)4;1-3-13-5-9-15(10-6-13)17-19-20-18(21-17)16-11-7-14(4-2)8-12-16;1-11-3-7-13(8-4-11)15-17-18-16(19-15)14-9-5-12(2)6-10-14;4*1-4(6)3-5(2)7;;;;/h2*5-9H,1-4H3;5-11H,3-4H2,1-2H3;3-9H,1-2H3;4*4-7H,3H2,1-2H3;;;;/q4*-1;;;;;;;;. The average Bonchev–Trinajstić information content (AvgIpc) is 1.67. The van der Waals surface area contributed by atoms with Crippen molar-refractivity contribution in [3.8, 4) is 91.6 Å². The molecule has 4 heterocycles. The molecule has 4 radical (unpaired) electrons. The van der Waals surface area contributed by atoms with E-state index < -0.39 is 0 Å². The van der Waals surface area contributed by atoms with Crippen LogP contribution in [0.1, 0.15) is 162 Å². The molecule has 0 aliphatic heterocycles. The summed E-state index contributed by atoms with van der Waals surface area (Å²) in [5, 5.41) is 102. The van der Waals surface area contributed by atoms with Crippen LogP contribution in [0.25, 0.3) is 91.6 Å². The molecule has 0 bridgehead atoms. The minimum atomic E-state index is -0.375. The number of aromatic nitrogens is 8. The quantitative estimate of drug-likeness (QED) is 0.0370. The summed E-state index contributed by atoms with van der Waals surface area (Å²) in [5.41, 5.74) is 21.1. The Balaban J connectivity index is 0.000000677. The smallest absolute Gasteiger partial charge is 0.237 e. The topological polar surface area (TPSA) is 318 Å². The van der Waals surface area contributed by atoms with Gasteiger partial charge in [-0.1, -0.05) is 142 Å². The first-order valence-corrected chi connectivity index (χ1v) is 37.2. The van der Waals surface area contributed by atoms with Crippen molar-refractivity contribution in [3.63, 3.8) is 0 Å². The Morgan fingerprint density at radius 3 is 1.06 bits per heavy atom. The Hall–Kier alpha value is -7.40. The minimum absolute atomic E-state index is 0. The third kappa shape index (κ3) is 38.6. The van der Waals surface area contributed by atoms with Crippen molar-refractivity contribution in [1.29, 1.82) is 0 Å². The zero-order valence-corrected chi connectivity index (χ0v) is 78.4. The number of hydrogen-bond acceptors (Lipinski definition) is 20. The van der Waals surface area contributed by atoms with Crippen LogP contribution in [0.3, 0.4) is 0 Å². The monoisotopic (exact) mass is 2270 g/mol. The Morgan fingerprint density at radius 1 is 0.289 bits per heavy atom. The van der Waals surface area contributed by atoms with Gasteiger partial charge in [-0.25, -0.2) is 0 Å². The molecule has 0 amide bonds. The molecule has 114 heavy (non-hydrogen) atoms. The van der Waals surface area contributed by atoms with Crippen molar-refractivity contribution in [1.82, 2.24) is 40.8 Å². The first kappa shape index (κ1) is 105. The van der Waals surface area contributed by atoms with Crippen LogP contribution in [0.5, 0.6) is 0 Å². The molecule has 8 atom stereocenters. The van der Waals surface area contributed by atoms with Crippen LogP contribution in [-0.4, -0.2) is 130 Å². The van der Waals surface area contributed by atoms with Gasteiger partial charge in [-0.15, -0.1) is 139 Å². The van der Waals surface area contributed by atoms with Gasteiger partial charge in [0, 0.05) is 103 Å². The van der Waals surface area contributed by atoms with Gasteiger partial charge >= 0.3 is 0 Å². The number of hydrogen-bond donors (Lipinski definition) is 8. The average molecular weight is 2270 g/mol. The second kappa shape index (κ2) is 53.8. The fraction of sp³-hybridized carbons (Fsp3) is 0.378. The first-order chi connectivity index (χ1) is 52.1. The summed E-state index contributed by atoms with van der Waals surface area (Å²) in [4.78, 5) is 0. The Kier molecular flexibility index (Phi) is 49.3. The summed E-state index contributed by atoms with van der Waals surface area (Å²) in [6.07, 6.45) is 0.906. The van der Waals surface area contributed by atoms with Crippen molar-refractivity contribution < 1.29 is 139 Å². The van der Waals surface area contributed by atoms with Crippen molar-refractivity contribution in [2.75, 3.05) is 0 Å². The molecule has 0 aliphatic carbocycles. The van der Waals surface area contributed by atoms with E-state index in [0.29, 0.717) is 72.8 Å². The van der Waals surface area contributed by atoms with Gasteiger partial charge in [0.05, 0.1) is 48.8 Å².